The molecule has 1 rings (SSSR count). The van der Waals surface area contributed by atoms with Crippen molar-refractivity contribution in [3.05, 3.63) is 24.2 Å². The monoisotopic (exact) mass is 211 g/mol. The highest BCUT2D eigenvalue weighted by atomic mass is 16.3. The Kier molecular flexibility index (Phi) is 5.43. The van der Waals surface area contributed by atoms with Gasteiger partial charge in [-0.2, -0.15) is 0 Å². The maximum absolute atomic E-state index is 9.05. The molecule has 0 saturated heterocycles. The third kappa shape index (κ3) is 4.49. The number of furan rings is 1. The zero-order valence-electron chi connectivity index (χ0n) is 9.57. The second-order valence-corrected chi connectivity index (χ2v) is 3.97. The summed E-state index contributed by atoms with van der Waals surface area (Å²) in [5, 5.41) is 12.4. The van der Waals surface area contributed by atoms with E-state index >= 15 is 0 Å². The van der Waals surface area contributed by atoms with Crippen molar-refractivity contribution in [3.8, 4) is 0 Å². The molecule has 0 saturated carbocycles. The third-order valence-electron chi connectivity index (χ3n) is 2.64. The van der Waals surface area contributed by atoms with E-state index in [2.05, 4.69) is 19.2 Å². The molecule has 3 heteroatoms. The van der Waals surface area contributed by atoms with Crippen LogP contribution >= 0.6 is 0 Å². The van der Waals surface area contributed by atoms with Crippen LogP contribution in [0.3, 0.4) is 0 Å². The zero-order valence-corrected chi connectivity index (χ0v) is 9.57. The summed E-state index contributed by atoms with van der Waals surface area (Å²) in [6.45, 7) is 4.43. The molecular weight excluding hydrogens is 190 g/mol. The van der Waals surface area contributed by atoms with Gasteiger partial charge in [0.25, 0.3) is 0 Å². The van der Waals surface area contributed by atoms with Crippen molar-refractivity contribution in [1.29, 1.82) is 0 Å². The fourth-order valence-electron chi connectivity index (χ4n) is 1.60. The fourth-order valence-corrected chi connectivity index (χ4v) is 1.60. The van der Waals surface area contributed by atoms with Crippen molar-refractivity contribution < 1.29 is 9.52 Å². The molecule has 0 bridgehead atoms. The highest BCUT2D eigenvalue weighted by molar-refractivity contribution is 4.98. The van der Waals surface area contributed by atoms with Crippen LogP contribution in [0.2, 0.25) is 0 Å². The molecular formula is C12H21NO2. The maximum atomic E-state index is 9.05. The van der Waals surface area contributed by atoms with Crippen LogP contribution in [0.5, 0.6) is 0 Å². The van der Waals surface area contributed by atoms with Crippen LogP contribution in [-0.2, 0) is 6.42 Å². The topological polar surface area (TPSA) is 45.4 Å². The second kappa shape index (κ2) is 6.64. The molecule has 1 aromatic heterocycles. The average molecular weight is 211 g/mol. The number of rotatable bonds is 7. The van der Waals surface area contributed by atoms with Crippen LogP contribution in [0, 0.1) is 0 Å². The van der Waals surface area contributed by atoms with E-state index in [0.29, 0.717) is 6.04 Å². The minimum absolute atomic E-state index is 0.210. The summed E-state index contributed by atoms with van der Waals surface area (Å²) in [4.78, 5) is 0. The second-order valence-electron chi connectivity index (χ2n) is 3.97. The Morgan fingerprint density at radius 2 is 2.33 bits per heavy atom. The lowest BCUT2D eigenvalue weighted by Gasteiger charge is -2.19. The van der Waals surface area contributed by atoms with Crippen molar-refractivity contribution in [3.63, 3.8) is 0 Å². The summed E-state index contributed by atoms with van der Waals surface area (Å²) in [6, 6.07) is 4.54. The molecule has 0 aliphatic rings. The zero-order chi connectivity index (χ0) is 11.1. The van der Waals surface area contributed by atoms with Crippen molar-refractivity contribution in [1.82, 2.24) is 5.32 Å². The van der Waals surface area contributed by atoms with Crippen molar-refractivity contribution >= 4 is 0 Å². The van der Waals surface area contributed by atoms with E-state index in [1.165, 1.54) is 0 Å². The quantitative estimate of drug-likeness (QED) is 0.724. The Hall–Kier alpha value is -0.800. The van der Waals surface area contributed by atoms with Crippen molar-refractivity contribution in [2.45, 2.75) is 45.2 Å². The molecule has 15 heavy (non-hydrogen) atoms. The molecule has 0 aliphatic carbocycles. The van der Waals surface area contributed by atoms with Gasteiger partial charge in [0.15, 0.2) is 0 Å². The average Bonchev–Trinajstić information content (AvgIpc) is 2.75. The van der Waals surface area contributed by atoms with Crippen molar-refractivity contribution in [2.75, 3.05) is 6.61 Å². The smallest absolute Gasteiger partial charge is 0.103 e. The van der Waals surface area contributed by atoms with Gasteiger partial charge in [-0.1, -0.05) is 6.92 Å². The van der Waals surface area contributed by atoms with Gasteiger partial charge in [0.1, 0.15) is 5.76 Å². The van der Waals surface area contributed by atoms with Crippen LogP contribution in [0.15, 0.2) is 22.8 Å². The Balaban J connectivity index is 2.21. The van der Waals surface area contributed by atoms with E-state index in [9.17, 15) is 0 Å². The van der Waals surface area contributed by atoms with Crippen LogP contribution < -0.4 is 5.32 Å². The molecule has 2 N–H and O–H groups in total. The lowest BCUT2D eigenvalue weighted by atomic mass is 10.1. The predicted molar refractivity (Wildman–Crippen MR) is 60.8 cm³/mol. The SMILES string of the molecule is CCC(CO)NC(C)CCc1ccco1. The highest BCUT2D eigenvalue weighted by Crippen LogP contribution is 2.06. The van der Waals surface area contributed by atoms with Gasteiger partial charge < -0.3 is 14.8 Å². The first-order valence-electron chi connectivity index (χ1n) is 5.65. The number of aliphatic hydroxyl groups is 1. The van der Waals surface area contributed by atoms with E-state index in [1.54, 1.807) is 6.26 Å². The summed E-state index contributed by atoms with van der Waals surface area (Å²) < 4.78 is 5.26. The minimum Gasteiger partial charge on any atom is -0.469 e. The van der Waals surface area contributed by atoms with E-state index in [1.807, 2.05) is 12.1 Å². The largest absolute Gasteiger partial charge is 0.469 e. The molecule has 86 valence electrons. The van der Waals surface area contributed by atoms with Gasteiger partial charge in [-0.05, 0) is 31.9 Å². The first kappa shape index (κ1) is 12.3. The molecule has 0 amide bonds. The molecule has 2 atom stereocenters. The number of hydrogen-bond donors (Lipinski definition) is 2. The van der Waals surface area contributed by atoms with Crippen LogP contribution in [0.4, 0.5) is 0 Å². The first-order chi connectivity index (χ1) is 7.26. The van der Waals surface area contributed by atoms with E-state index in [-0.39, 0.29) is 12.6 Å². The van der Waals surface area contributed by atoms with Crippen LogP contribution in [-0.4, -0.2) is 23.8 Å². The van der Waals surface area contributed by atoms with E-state index < -0.39 is 0 Å². The Labute approximate surface area is 91.5 Å². The van der Waals surface area contributed by atoms with Crippen LogP contribution in [0.25, 0.3) is 0 Å². The fraction of sp³-hybridized carbons (Fsp3) is 0.667. The molecule has 0 fully saturated rings. The summed E-state index contributed by atoms with van der Waals surface area (Å²) in [7, 11) is 0. The Morgan fingerprint density at radius 3 is 2.87 bits per heavy atom. The van der Waals surface area contributed by atoms with Gasteiger partial charge in [0.2, 0.25) is 0 Å². The molecule has 0 spiro atoms. The van der Waals surface area contributed by atoms with Crippen molar-refractivity contribution in [2.24, 2.45) is 0 Å². The maximum Gasteiger partial charge on any atom is 0.103 e. The van der Waals surface area contributed by atoms with Gasteiger partial charge in [0.05, 0.1) is 12.9 Å². The highest BCUT2D eigenvalue weighted by Gasteiger charge is 2.09. The Bertz CT molecular complexity index is 242. The van der Waals surface area contributed by atoms with Gasteiger partial charge in [-0.15, -0.1) is 0 Å². The summed E-state index contributed by atoms with van der Waals surface area (Å²) in [5.41, 5.74) is 0. The normalized spacial score (nSPS) is 15.1. The molecule has 0 aromatic carbocycles. The summed E-state index contributed by atoms with van der Waals surface area (Å²) in [5.74, 6) is 1.03. The number of aliphatic hydroxyl groups excluding tert-OH is 1. The van der Waals surface area contributed by atoms with Crippen LogP contribution in [0.1, 0.15) is 32.4 Å². The van der Waals surface area contributed by atoms with Gasteiger partial charge in [-0.25, -0.2) is 0 Å². The standard InChI is InChI=1S/C12H21NO2/c1-3-11(9-14)13-10(2)6-7-12-5-4-8-15-12/h4-5,8,10-11,13-14H,3,6-7,9H2,1-2H3. The van der Waals surface area contributed by atoms with Gasteiger partial charge >= 0.3 is 0 Å². The van der Waals surface area contributed by atoms with E-state index in [4.69, 9.17) is 9.52 Å². The molecule has 0 radical (unpaired) electrons. The molecule has 3 nitrogen and oxygen atoms in total. The first-order valence-corrected chi connectivity index (χ1v) is 5.65. The predicted octanol–water partition coefficient (Wildman–Crippen LogP) is 1.96. The third-order valence-corrected chi connectivity index (χ3v) is 2.64. The number of hydrogen-bond acceptors (Lipinski definition) is 3. The molecule has 2 unspecified atom stereocenters. The van der Waals surface area contributed by atoms with Gasteiger partial charge in [0, 0.05) is 18.5 Å². The minimum atomic E-state index is 0.210. The van der Waals surface area contributed by atoms with E-state index in [0.717, 1.165) is 25.0 Å². The lowest BCUT2D eigenvalue weighted by molar-refractivity contribution is 0.227. The lowest BCUT2D eigenvalue weighted by Crippen LogP contribution is -2.38. The number of nitrogens with one attached hydrogen (secondary N) is 1. The molecule has 1 heterocycles. The summed E-state index contributed by atoms with van der Waals surface area (Å²) >= 11 is 0. The molecule has 1 aromatic rings. The number of aryl methyl sites for hydroxylation is 1. The Morgan fingerprint density at radius 1 is 1.53 bits per heavy atom. The van der Waals surface area contributed by atoms with Gasteiger partial charge in [-0.3, -0.25) is 0 Å². The molecule has 0 aliphatic heterocycles. The summed E-state index contributed by atoms with van der Waals surface area (Å²) in [6.07, 6.45) is 4.64.